The Morgan fingerprint density at radius 1 is 0.853 bits per heavy atom. The Kier molecular flexibility index (Phi) is 8.14. The number of nitrogens with zero attached hydrogens (tertiary/aromatic N) is 2. The monoisotopic (exact) mass is 474 g/mol. The minimum absolute atomic E-state index is 0.0173. The molecule has 1 saturated heterocycles. The number of piperazine rings is 1. The highest BCUT2D eigenvalue weighted by atomic mass is 16.7. The first kappa shape index (κ1) is 24.6. The van der Waals surface area contributed by atoms with Gasteiger partial charge in [-0.25, -0.2) is 9.59 Å². The number of carboxylic acids is 2. The van der Waals surface area contributed by atoms with E-state index in [1.807, 2.05) is 17.0 Å². The Balaban J connectivity index is 0.000000481. The average molecular weight is 474 g/mol. The molecule has 1 amide bonds. The number of methoxy groups -OCH3 is 2. The number of rotatable bonds is 5. The molecule has 2 aromatic rings. The summed E-state index contributed by atoms with van der Waals surface area (Å²) in [6.45, 7) is 4.15. The second-order valence-corrected chi connectivity index (χ2v) is 7.44. The molecule has 2 heterocycles. The summed E-state index contributed by atoms with van der Waals surface area (Å²) in [6.07, 6.45) is 0. The Labute approximate surface area is 196 Å². The second kappa shape index (κ2) is 11.2. The van der Waals surface area contributed by atoms with Gasteiger partial charge in [-0.2, -0.15) is 0 Å². The van der Waals surface area contributed by atoms with Gasteiger partial charge in [0, 0.05) is 38.3 Å². The first-order valence-corrected chi connectivity index (χ1v) is 10.4. The molecule has 2 aliphatic heterocycles. The van der Waals surface area contributed by atoms with E-state index in [0.29, 0.717) is 30.2 Å². The molecule has 1 fully saturated rings. The molecule has 2 N–H and O–H groups in total. The van der Waals surface area contributed by atoms with Gasteiger partial charge in [-0.15, -0.1) is 0 Å². The van der Waals surface area contributed by atoms with Crippen LogP contribution in [0, 0.1) is 0 Å². The van der Waals surface area contributed by atoms with Gasteiger partial charge >= 0.3 is 11.9 Å². The van der Waals surface area contributed by atoms with E-state index < -0.39 is 11.9 Å². The Morgan fingerprint density at radius 2 is 1.50 bits per heavy atom. The third-order valence-electron chi connectivity index (χ3n) is 5.32. The van der Waals surface area contributed by atoms with E-state index in [1.165, 1.54) is 5.56 Å². The lowest BCUT2D eigenvalue weighted by Crippen LogP contribution is -2.48. The van der Waals surface area contributed by atoms with Gasteiger partial charge in [0.05, 0.1) is 14.2 Å². The summed E-state index contributed by atoms with van der Waals surface area (Å²) in [5.74, 6) is -0.843. The minimum atomic E-state index is -1.82. The number of carboxylic acid groups (broad SMARTS) is 2. The maximum atomic E-state index is 12.8. The normalized spacial score (nSPS) is 14.6. The molecule has 0 unspecified atom stereocenters. The summed E-state index contributed by atoms with van der Waals surface area (Å²) in [7, 11) is 3.15. The molecule has 0 atom stereocenters. The Hall–Kier alpha value is -3.99. The van der Waals surface area contributed by atoms with Gasteiger partial charge in [0.2, 0.25) is 6.79 Å². The lowest BCUT2D eigenvalue weighted by atomic mass is 10.1. The van der Waals surface area contributed by atoms with Crippen LogP contribution in [-0.4, -0.2) is 85.1 Å². The zero-order chi connectivity index (χ0) is 24.7. The Bertz CT molecular complexity index is 1040. The van der Waals surface area contributed by atoms with E-state index in [1.54, 1.807) is 32.4 Å². The highest BCUT2D eigenvalue weighted by Crippen LogP contribution is 2.33. The van der Waals surface area contributed by atoms with Crippen molar-refractivity contribution in [3.63, 3.8) is 0 Å². The molecular weight excluding hydrogens is 448 g/mol. The second-order valence-electron chi connectivity index (χ2n) is 7.44. The summed E-state index contributed by atoms with van der Waals surface area (Å²) in [6, 6.07) is 11.3. The molecule has 2 aromatic carbocycles. The summed E-state index contributed by atoms with van der Waals surface area (Å²) >= 11 is 0. The number of hydrogen-bond donors (Lipinski definition) is 2. The lowest BCUT2D eigenvalue weighted by Gasteiger charge is -2.34. The molecule has 0 aromatic heterocycles. The number of aliphatic carboxylic acids is 2. The number of ether oxygens (including phenoxy) is 4. The highest BCUT2D eigenvalue weighted by Gasteiger charge is 2.23. The van der Waals surface area contributed by atoms with Crippen LogP contribution in [0.1, 0.15) is 15.9 Å². The fourth-order valence-electron chi connectivity index (χ4n) is 3.56. The number of carbonyl (C=O) groups is 3. The minimum Gasteiger partial charge on any atom is -0.493 e. The van der Waals surface area contributed by atoms with Crippen LogP contribution in [0.3, 0.4) is 0 Å². The van der Waals surface area contributed by atoms with Crippen LogP contribution in [-0.2, 0) is 16.1 Å². The average Bonchev–Trinajstić information content (AvgIpc) is 3.32. The van der Waals surface area contributed by atoms with Gasteiger partial charge in [0.1, 0.15) is 0 Å². The zero-order valence-corrected chi connectivity index (χ0v) is 18.9. The summed E-state index contributed by atoms with van der Waals surface area (Å²) in [5, 5.41) is 14.8. The van der Waals surface area contributed by atoms with Crippen molar-refractivity contribution < 1.29 is 43.5 Å². The zero-order valence-electron chi connectivity index (χ0n) is 18.9. The molecule has 0 radical (unpaired) electrons. The number of carbonyl (C=O) groups excluding carboxylic acids is 1. The van der Waals surface area contributed by atoms with Crippen molar-refractivity contribution in [2.75, 3.05) is 47.2 Å². The van der Waals surface area contributed by atoms with E-state index >= 15 is 0 Å². The van der Waals surface area contributed by atoms with Crippen LogP contribution in [0.15, 0.2) is 36.4 Å². The molecule has 4 rings (SSSR count). The predicted octanol–water partition coefficient (Wildman–Crippen LogP) is 1.55. The van der Waals surface area contributed by atoms with E-state index in [0.717, 1.165) is 31.1 Å². The maximum Gasteiger partial charge on any atom is 0.414 e. The third kappa shape index (κ3) is 6.07. The summed E-state index contributed by atoms with van der Waals surface area (Å²) in [4.78, 5) is 35.3. The van der Waals surface area contributed by atoms with Crippen LogP contribution in [0.2, 0.25) is 0 Å². The number of benzene rings is 2. The van der Waals surface area contributed by atoms with Crippen LogP contribution in [0.4, 0.5) is 0 Å². The maximum absolute atomic E-state index is 12.8. The molecule has 0 bridgehead atoms. The molecule has 182 valence electrons. The van der Waals surface area contributed by atoms with Gasteiger partial charge in [-0.05, 0) is 35.9 Å². The van der Waals surface area contributed by atoms with E-state index in [-0.39, 0.29) is 12.7 Å². The summed E-state index contributed by atoms with van der Waals surface area (Å²) < 4.78 is 21.4. The fraction of sp³-hybridized carbons (Fsp3) is 0.348. The Morgan fingerprint density at radius 3 is 2.12 bits per heavy atom. The smallest absolute Gasteiger partial charge is 0.414 e. The number of amides is 1. The SMILES string of the molecule is COc1ccc(C(=O)N2CCN(Cc3ccc4c(c3)OCO4)CC2)cc1OC.O=C(O)C(=O)O. The first-order valence-electron chi connectivity index (χ1n) is 10.4. The quantitative estimate of drug-likeness (QED) is 0.615. The molecule has 34 heavy (non-hydrogen) atoms. The lowest BCUT2D eigenvalue weighted by molar-refractivity contribution is -0.159. The van der Waals surface area contributed by atoms with E-state index in [4.69, 9.17) is 38.7 Å². The van der Waals surface area contributed by atoms with Crippen LogP contribution in [0.25, 0.3) is 0 Å². The predicted molar refractivity (Wildman–Crippen MR) is 119 cm³/mol. The van der Waals surface area contributed by atoms with Gasteiger partial charge in [0.15, 0.2) is 23.0 Å². The molecule has 2 aliphatic rings. The van der Waals surface area contributed by atoms with Crippen molar-refractivity contribution in [3.8, 4) is 23.0 Å². The van der Waals surface area contributed by atoms with Crippen molar-refractivity contribution in [3.05, 3.63) is 47.5 Å². The largest absolute Gasteiger partial charge is 0.493 e. The molecular formula is C23H26N2O9. The van der Waals surface area contributed by atoms with Gasteiger partial charge < -0.3 is 34.1 Å². The first-order chi connectivity index (χ1) is 16.3. The standard InChI is InChI=1S/C21H24N2O5.C2H2O4/c1-25-17-6-4-16(12-19(17)26-2)21(24)23-9-7-22(8-10-23)13-15-3-5-18-20(11-15)28-14-27-18;3-1(4)2(5)6/h3-6,11-12H,7-10,13-14H2,1-2H3;(H,3,4)(H,5,6). The highest BCUT2D eigenvalue weighted by molar-refractivity contribution is 6.27. The van der Waals surface area contributed by atoms with E-state index in [2.05, 4.69) is 11.0 Å². The van der Waals surface area contributed by atoms with Crippen LogP contribution >= 0.6 is 0 Å². The van der Waals surface area contributed by atoms with Gasteiger partial charge in [-0.3, -0.25) is 9.69 Å². The van der Waals surface area contributed by atoms with Crippen molar-refractivity contribution in [2.45, 2.75) is 6.54 Å². The van der Waals surface area contributed by atoms with Gasteiger partial charge in [-0.1, -0.05) is 6.07 Å². The molecule has 11 nitrogen and oxygen atoms in total. The number of fused-ring (bicyclic) bond motifs is 1. The van der Waals surface area contributed by atoms with Crippen molar-refractivity contribution >= 4 is 17.8 Å². The molecule has 0 saturated carbocycles. The van der Waals surface area contributed by atoms with Crippen LogP contribution in [0.5, 0.6) is 23.0 Å². The van der Waals surface area contributed by atoms with Gasteiger partial charge in [0.25, 0.3) is 5.91 Å². The molecule has 0 spiro atoms. The topological polar surface area (TPSA) is 135 Å². The summed E-state index contributed by atoms with van der Waals surface area (Å²) in [5.41, 5.74) is 1.80. The molecule has 0 aliphatic carbocycles. The van der Waals surface area contributed by atoms with E-state index in [9.17, 15) is 4.79 Å². The number of hydrogen-bond acceptors (Lipinski definition) is 8. The van der Waals surface area contributed by atoms with Crippen molar-refractivity contribution in [2.24, 2.45) is 0 Å². The van der Waals surface area contributed by atoms with Crippen LogP contribution < -0.4 is 18.9 Å². The third-order valence-corrected chi connectivity index (χ3v) is 5.32. The van der Waals surface area contributed by atoms with Crippen molar-refractivity contribution in [1.29, 1.82) is 0 Å². The fourth-order valence-corrected chi connectivity index (χ4v) is 3.56. The van der Waals surface area contributed by atoms with Crippen molar-refractivity contribution in [1.82, 2.24) is 9.80 Å². The molecule has 11 heteroatoms.